The summed E-state index contributed by atoms with van der Waals surface area (Å²) in [4.78, 5) is 0. The molecule has 2 N–H and O–H groups in total. The van der Waals surface area contributed by atoms with Gasteiger partial charge in [-0.15, -0.1) is 0 Å². The summed E-state index contributed by atoms with van der Waals surface area (Å²) < 4.78 is 0. The van der Waals surface area contributed by atoms with E-state index in [2.05, 4.69) is 34.6 Å². The second-order valence-corrected chi connectivity index (χ2v) is 7.19. The SMILES string of the molecule is CCC(C)CCC(C)C(C)CCC(C)CC(CO)CO. The Morgan fingerprint density at radius 1 is 0.700 bits per heavy atom. The standard InChI is InChI=1S/C18H38O2/c1-6-14(2)7-9-16(4)17(5)10-8-15(3)11-18(12-19)13-20/h14-20H,6-13H2,1-5H3. The van der Waals surface area contributed by atoms with Crippen molar-refractivity contribution in [3.05, 3.63) is 0 Å². The van der Waals surface area contributed by atoms with Crippen LogP contribution in [-0.4, -0.2) is 23.4 Å². The van der Waals surface area contributed by atoms with Gasteiger partial charge in [-0.05, 0) is 30.1 Å². The first-order chi connectivity index (χ1) is 9.44. The maximum Gasteiger partial charge on any atom is 0.0481 e. The smallest absolute Gasteiger partial charge is 0.0481 e. The molecule has 4 atom stereocenters. The first kappa shape index (κ1) is 19.9. The van der Waals surface area contributed by atoms with E-state index in [0.29, 0.717) is 5.92 Å². The molecule has 2 nitrogen and oxygen atoms in total. The van der Waals surface area contributed by atoms with E-state index in [1.54, 1.807) is 0 Å². The Labute approximate surface area is 127 Å². The quantitative estimate of drug-likeness (QED) is 0.555. The summed E-state index contributed by atoms with van der Waals surface area (Å²) in [5.41, 5.74) is 0. The second kappa shape index (κ2) is 11.6. The average molecular weight is 286 g/mol. The van der Waals surface area contributed by atoms with Crippen LogP contribution in [0.1, 0.15) is 73.1 Å². The minimum Gasteiger partial charge on any atom is -0.396 e. The molecule has 0 aromatic rings. The molecular formula is C18H38O2. The van der Waals surface area contributed by atoms with Gasteiger partial charge in [0.15, 0.2) is 0 Å². The fraction of sp³-hybridized carbons (Fsp3) is 1.00. The number of hydrogen-bond acceptors (Lipinski definition) is 2. The normalized spacial score (nSPS) is 18.0. The fourth-order valence-corrected chi connectivity index (χ4v) is 2.76. The molecule has 0 radical (unpaired) electrons. The maximum atomic E-state index is 9.13. The molecule has 4 unspecified atom stereocenters. The van der Waals surface area contributed by atoms with Crippen LogP contribution in [0, 0.1) is 29.6 Å². The monoisotopic (exact) mass is 286 g/mol. The lowest BCUT2D eigenvalue weighted by molar-refractivity contribution is 0.128. The fourth-order valence-electron chi connectivity index (χ4n) is 2.76. The minimum atomic E-state index is 0.0723. The highest BCUT2D eigenvalue weighted by molar-refractivity contribution is 4.68. The summed E-state index contributed by atoms with van der Waals surface area (Å²) in [6.07, 6.45) is 7.43. The van der Waals surface area contributed by atoms with Gasteiger partial charge in [0.2, 0.25) is 0 Å². The van der Waals surface area contributed by atoms with Crippen molar-refractivity contribution in [1.82, 2.24) is 0 Å². The number of aliphatic hydroxyl groups is 2. The predicted octanol–water partition coefficient (Wildman–Crippen LogP) is 4.49. The van der Waals surface area contributed by atoms with E-state index in [1.807, 2.05) is 0 Å². The molecule has 0 saturated carbocycles. The van der Waals surface area contributed by atoms with Crippen molar-refractivity contribution in [2.75, 3.05) is 13.2 Å². The third-order valence-corrected chi connectivity index (χ3v) is 5.15. The highest BCUT2D eigenvalue weighted by Crippen LogP contribution is 2.27. The topological polar surface area (TPSA) is 40.5 Å². The van der Waals surface area contributed by atoms with E-state index >= 15 is 0 Å². The van der Waals surface area contributed by atoms with Gasteiger partial charge in [-0.1, -0.05) is 66.7 Å². The van der Waals surface area contributed by atoms with Gasteiger partial charge in [0.1, 0.15) is 0 Å². The minimum absolute atomic E-state index is 0.0723. The molecule has 0 aromatic heterocycles. The Kier molecular flexibility index (Phi) is 11.5. The van der Waals surface area contributed by atoms with E-state index in [-0.39, 0.29) is 19.1 Å². The third-order valence-electron chi connectivity index (χ3n) is 5.15. The molecule has 0 fully saturated rings. The van der Waals surface area contributed by atoms with Crippen molar-refractivity contribution in [1.29, 1.82) is 0 Å². The molecular weight excluding hydrogens is 248 g/mol. The molecule has 0 rings (SSSR count). The van der Waals surface area contributed by atoms with Gasteiger partial charge in [-0.25, -0.2) is 0 Å². The Morgan fingerprint density at radius 2 is 1.15 bits per heavy atom. The maximum absolute atomic E-state index is 9.13. The lowest BCUT2D eigenvalue weighted by Gasteiger charge is -2.24. The van der Waals surface area contributed by atoms with Gasteiger partial charge < -0.3 is 10.2 Å². The van der Waals surface area contributed by atoms with Gasteiger partial charge >= 0.3 is 0 Å². The highest BCUT2D eigenvalue weighted by Gasteiger charge is 2.16. The first-order valence-electron chi connectivity index (χ1n) is 8.66. The van der Waals surface area contributed by atoms with Gasteiger partial charge in [-0.3, -0.25) is 0 Å². The van der Waals surface area contributed by atoms with Crippen molar-refractivity contribution in [3.63, 3.8) is 0 Å². The molecule has 20 heavy (non-hydrogen) atoms. The first-order valence-corrected chi connectivity index (χ1v) is 8.66. The number of rotatable bonds is 12. The van der Waals surface area contributed by atoms with Crippen molar-refractivity contribution < 1.29 is 10.2 Å². The summed E-state index contributed by atoms with van der Waals surface area (Å²) in [5.74, 6) is 3.12. The Morgan fingerprint density at radius 3 is 1.55 bits per heavy atom. The largest absolute Gasteiger partial charge is 0.396 e. The summed E-state index contributed by atoms with van der Waals surface area (Å²) in [5, 5.41) is 18.3. The van der Waals surface area contributed by atoms with Gasteiger partial charge in [0.25, 0.3) is 0 Å². The molecule has 2 heteroatoms. The molecule has 0 aliphatic heterocycles. The number of aliphatic hydroxyl groups excluding tert-OH is 2. The summed E-state index contributed by atoms with van der Waals surface area (Å²) in [7, 11) is 0. The van der Waals surface area contributed by atoms with Crippen LogP contribution in [0.4, 0.5) is 0 Å². The second-order valence-electron chi connectivity index (χ2n) is 7.19. The van der Waals surface area contributed by atoms with Crippen LogP contribution in [0.15, 0.2) is 0 Å². The Bertz CT molecular complexity index is 213. The van der Waals surface area contributed by atoms with Crippen LogP contribution in [0.25, 0.3) is 0 Å². The van der Waals surface area contributed by atoms with Crippen LogP contribution < -0.4 is 0 Å². The number of hydrogen-bond donors (Lipinski definition) is 2. The van der Waals surface area contributed by atoms with Crippen LogP contribution in [0.5, 0.6) is 0 Å². The zero-order valence-electron chi connectivity index (χ0n) is 14.4. The van der Waals surface area contributed by atoms with Gasteiger partial charge in [0, 0.05) is 19.1 Å². The van der Waals surface area contributed by atoms with Crippen molar-refractivity contribution in [2.24, 2.45) is 29.6 Å². The molecule has 0 aromatic carbocycles. The summed E-state index contributed by atoms with van der Waals surface area (Å²) in [6, 6.07) is 0. The van der Waals surface area contributed by atoms with E-state index in [0.717, 1.165) is 24.2 Å². The molecule has 0 aliphatic carbocycles. The Hall–Kier alpha value is -0.0800. The van der Waals surface area contributed by atoms with Crippen LogP contribution >= 0.6 is 0 Å². The molecule has 0 saturated heterocycles. The van der Waals surface area contributed by atoms with E-state index in [1.165, 1.54) is 32.1 Å². The van der Waals surface area contributed by atoms with Crippen molar-refractivity contribution in [3.8, 4) is 0 Å². The summed E-state index contributed by atoms with van der Waals surface area (Å²) >= 11 is 0. The lowest BCUT2D eigenvalue weighted by Crippen LogP contribution is -2.16. The van der Waals surface area contributed by atoms with E-state index < -0.39 is 0 Å². The van der Waals surface area contributed by atoms with Crippen LogP contribution in [0.3, 0.4) is 0 Å². The Balaban J connectivity index is 3.87. The molecule has 0 spiro atoms. The van der Waals surface area contributed by atoms with Gasteiger partial charge in [0.05, 0.1) is 0 Å². The van der Waals surface area contributed by atoms with Crippen LogP contribution in [-0.2, 0) is 0 Å². The predicted molar refractivity (Wildman–Crippen MR) is 87.7 cm³/mol. The zero-order chi connectivity index (χ0) is 15.5. The van der Waals surface area contributed by atoms with E-state index in [4.69, 9.17) is 10.2 Å². The lowest BCUT2D eigenvalue weighted by atomic mass is 9.83. The van der Waals surface area contributed by atoms with E-state index in [9.17, 15) is 0 Å². The van der Waals surface area contributed by atoms with Gasteiger partial charge in [-0.2, -0.15) is 0 Å². The molecule has 0 amide bonds. The molecule has 0 bridgehead atoms. The highest BCUT2D eigenvalue weighted by atomic mass is 16.3. The average Bonchev–Trinajstić information content (AvgIpc) is 2.46. The molecule has 0 heterocycles. The van der Waals surface area contributed by atoms with Crippen molar-refractivity contribution in [2.45, 2.75) is 73.1 Å². The van der Waals surface area contributed by atoms with Crippen LogP contribution in [0.2, 0.25) is 0 Å². The molecule has 0 aliphatic rings. The third kappa shape index (κ3) is 8.97. The summed E-state index contributed by atoms with van der Waals surface area (Å²) in [6.45, 7) is 11.9. The van der Waals surface area contributed by atoms with Crippen molar-refractivity contribution >= 4 is 0 Å². The zero-order valence-corrected chi connectivity index (χ0v) is 14.4. The molecule has 122 valence electrons.